The van der Waals surface area contributed by atoms with Crippen LogP contribution in [0.15, 0.2) is 29.3 Å². The van der Waals surface area contributed by atoms with E-state index in [2.05, 4.69) is 33.3 Å². The molecule has 0 fully saturated rings. The van der Waals surface area contributed by atoms with Crippen molar-refractivity contribution in [3.8, 4) is 0 Å². The Hall–Kier alpha value is -2.48. The van der Waals surface area contributed by atoms with E-state index in [4.69, 9.17) is 4.98 Å². The molecule has 7 nitrogen and oxygen atoms in total. The van der Waals surface area contributed by atoms with Crippen LogP contribution in [0.5, 0.6) is 0 Å². The van der Waals surface area contributed by atoms with Gasteiger partial charge in [0.25, 0.3) is 0 Å². The molecule has 0 amide bonds. The highest BCUT2D eigenvalue weighted by Gasteiger charge is 2.34. The molecule has 4 rings (SSSR count). The van der Waals surface area contributed by atoms with Crippen molar-refractivity contribution in [3.05, 3.63) is 41.5 Å². The summed E-state index contributed by atoms with van der Waals surface area (Å²) in [5.74, 6) is 1.95. The molecule has 154 valence electrons. The van der Waals surface area contributed by atoms with E-state index in [-0.39, 0.29) is 12.0 Å². The summed E-state index contributed by atoms with van der Waals surface area (Å²) >= 11 is 0. The van der Waals surface area contributed by atoms with Gasteiger partial charge in [0.15, 0.2) is 9.84 Å². The number of imidazole rings is 1. The Morgan fingerprint density at radius 1 is 1.21 bits per heavy atom. The molecular formula is C21H27N5O2S. The Morgan fingerprint density at radius 3 is 2.59 bits per heavy atom. The zero-order valence-electron chi connectivity index (χ0n) is 17.5. The molecule has 1 aliphatic heterocycles. The first-order valence-corrected chi connectivity index (χ1v) is 11.9. The summed E-state index contributed by atoms with van der Waals surface area (Å²) in [5.41, 5.74) is 3.48. The lowest BCUT2D eigenvalue weighted by Gasteiger charge is -2.38. The SMILES string of the molecule is CCc1cc2nc3n(c2cc1S(C)(=O)=O)CCN(c1nccc(C)n1)[C@H]3C(C)C. The summed E-state index contributed by atoms with van der Waals surface area (Å²) in [7, 11) is -3.30. The van der Waals surface area contributed by atoms with E-state index >= 15 is 0 Å². The second-order valence-corrected chi connectivity index (χ2v) is 10.1. The van der Waals surface area contributed by atoms with Crippen LogP contribution in [0, 0.1) is 12.8 Å². The number of hydrogen-bond acceptors (Lipinski definition) is 6. The van der Waals surface area contributed by atoms with Crippen molar-refractivity contribution in [1.29, 1.82) is 0 Å². The standard InChI is InChI=1S/C21H27N5O2S/c1-6-15-11-16-17(12-18(15)29(5,27)28)25-9-10-26(19(13(2)3)20(25)24-16)21-22-8-7-14(4)23-21/h7-8,11-13,19H,6,9-10H2,1-5H3/t19-/m0/s1. The Morgan fingerprint density at radius 2 is 1.97 bits per heavy atom. The first kappa shape index (κ1) is 19.8. The molecule has 2 aromatic heterocycles. The molecule has 8 heteroatoms. The average Bonchev–Trinajstić information content (AvgIpc) is 3.02. The predicted octanol–water partition coefficient (Wildman–Crippen LogP) is 3.32. The van der Waals surface area contributed by atoms with Gasteiger partial charge in [0, 0.05) is 31.2 Å². The average molecular weight is 414 g/mol. The fourth-order valence-electron chi connectivity index (χ4n) is 4.24. The van der Waals surface area contributed by atoms with E-state index in [1.807, 2.05) is 26.0 Å². The van der Waals surface area contributed by atoms with Gasteiger partial charge in [-0.3, -0.25) is 0 Å². The summed E-state index contributed by atoms with van der Waals surface area (Å²) in [6, 6.07) is 5.65. The molecule has 1 aliphatic rings. The van der Waals surface area contributed by atoms with Crippen LogP contribution in [-0.4, -0.2) is 40.7 Å². The van der Waals surface area contributed by atoms with Gasteiger partial charge in [-0.25, -0.2) is 23.4 Å². The van der Waals surface area contributed by atoms with Gasteiger partial charge in [0.05, 0.1) is 22.0 Å². The molecule has 1 atom stereocenters. The zero-order valence-corrected chi connectivity index (χ0v) is 18.4. The summed E-state index contributed by atoms with van der Waals surface area (Å²) in [5, 5.41) is 0. The molecule has 3 aromatic rings. The third-order valence-corrected chi connectivity index (χ3v) is 6.75. The Labute approximate surface area is 171 Å². The fraction of sp³-hybridized carbons (Fsp3) is 0.476. The molecule has 0 unspecified atom stereocenters. The normalized spacial score (nSPS) is 17.2. The Bertz CT molecular complexity index is 1180. The number of aryl methyl sites for hydroxylation is 2. The van der Waals surface area contributed by atoms with Crippen molar-refractivity contribution in [1.82, 2.24) is 19.5 Å². The van der Waals surface area contributed by atoms with Crippen LogP contribution in [0.3, 0.4) is 0 Å². The number of anilines is 1. The number of fused-ring (bicyclic) bond motifs is 3. The predicted molar refractivity (Wildman–Crippen MR) is 114 cm³/mol. The largest absolute Gasteiger partial charge is 0.329 e. The summed E-state index contributed by atoms with van der Waals surface area (Å²) in [4.78, 5) is 16.7. The maximum absolute atomic E-state index is 12.3. The van der Waals surface area contributed by atoms with Crippen molar-refractivity contribution in [2.24, 2.45) is 5.92 Å². The highest BCUT2D eigenvalue weighted by atomic mass is 32.2. The van der Waals surface area contributed by atoms with Gasteiger partial charge in [-0.1, -0.05) is 20.8 Å². The van der Waals surface area contributed by atoms with Crippen LogP contribution in [-0.2, 0) is 22.8 Å². The van der Waals surface area contributed by atoms with E-state index in [1.54, 1.807) is 12.3 Å². The van der Waals surface area contributed by atoms with Gasteiger partial charge in [-0.05, 0) is 43.0 Å². The molecule has 0 saturated heterocycles. The number of benzene rings is 1. The second-order valence-electron chi connectivity index (χ2n) is 8.08. The van der Waals surface area contributed by atoms with Crippen LogP contribution in [0.4, 0.5) is 5.95 Å². The molecule has 0 saturated carbocycles. The highest BCUT2D eigenvalue weighted by Crippen LogP contribution is 2.37. The van der Waals surface area contributed by atoms with Crippen molar-refractivity contribution < 1.29 is 8.42 Å². The van der Waals surface area contributed by atoms with Crippen LogP contribution in [0.25, 0.3) is 11.0 Å². The van der Waals surface area contributed by atoms with Crippen LogP contribution in [0.2, 0.25) is 0 Å². The van der Waals surface area contributed by atoms with Gasteiger partial charge in [0.2, 0.25) is 5.95 Å². The molecule has 3 heterocycles. The highest BCUT2D eigenvalue weighted by molar-refractivity contribution is 7.90. The zero-order chi connectivity index (χ0) is 20.9. The van der Waals surface area contributed by atoms with Gasteiger partial charge >= 0.3 is 0 Å². The van der Waals surface area contributed by atoms with Crippen molar-refractivity contribution >= 4 is 26.8 Å². The quantitative estimate of drug-likeness (QED) is 0.653. The maximum Gasteiger partial charge on any atom is 0.226 e. The van der Waals surface area contributed by atoms with Gasteiger partial charge in [-0.15, -0.1) is 0 Å². The topological polar surface area (TPSA) is 81.0 Å². The molecule has 0 aliphatic carbocycles. The summed E-state index contributed by atoms with van der Waals surface area (Å²) < 4.78 is 26.8. The lowest BCUT2D eigenvalue weighted by Crippen LogP contribution is -2.41. The smallest absolute Gasteiger partial charge is 0.226 e. The van der Waals surface area contributed by atoms with E-state index < -0.39 is 9.84 Å². The van der Waals surface area contributed by atoms with E-state index in [0.717, 1.165) is 34.7 Å². The minimum atomic E-state index is -3.30. The van der Waals surface area contributed by atoms with Gasteiger partial charge in [0.1, 0.15) is 5.82 Å². The van der Waals surface area contributed by atoms with Crippen molar-refractivity contribution in [2.75, 3.05) is 17.7 Å². The van der Waals surface area contributed by atoms with Crippen LogP contribution >= 0.6 is 0 Å². The van der Waals surface area contributed by atoms with E-state index in [0.29, 0.717) is 23.8 Å². The Balaban J connectivity index is 1.91. The molecule has 0 N–H and O–H groups in total. The third kappa shape index (κ3) is 3.39. The van der Waals surface area contributed by atoms with Gasteiger partial charge in [-0.2, -0.15) is 0 Å². The summed E-state index contributed by atoms with van der Waals surface area (Å²) in [6.45, 7) is 9.73. The molecular weight excluding hydrogens is 386 g/mol. The number of hydrogen-bond donors (Lipinski definition) is 0. The van der Waals surface area contributed by atoms with E-state index in [9.17, 15) is 8.42 Å². The number of nitrogens with zero attached hydrogens (tertiary/aromatic N) is 5. The third-order valence-electron chi connectivity index (χ3n) is 5.58. The summed E-state index contributed by atoms with van der Waals surface area (Å²) in [6.07, 6.45) is 3.71. The van der Waals surface area contributed by atoms with Crippen molar-refractivity contribution in [2.45, 2.75) is 51.6 Å². The van der Waals surface area contributed by atoms with Gasteiger partial charge < -0.3 is 9.47 Å². The monoisotopic (exact) mass is 413 g/mol. The maximum atomic E-state index is 12.3. The lowest BCUT2D eigenvalue weighted by atomic mass is 10.00. The molecule has 0 bridgehead atoms. The second kappa shape index (κ2) is 7.09. The van der Waals surface area contributed by atoms with Crippen molar-refractivity contribution in [3.63, 3.8) is 0 Å². The molecule has 0 spiro atoms. The lowest BCUT2D eigenvalue weighted by molar-refractivity contribution is 0.387. The Kier molecular flexibility index (Phi) is 4.85. The fourth-order valence-corrected chi connectivity index (χ4v) is 5.24. The van der Waals surface area contributed by atoms with Crippen LogP contribution < -0.4 is 4.90 Å². The number of rotatable bonds is 4. The number of aromatic nitrogens is 4. The molecule has 0 radical (unpaired) electrons. The minimum absolute atomic E-state index is 0.0183. The minimum Gasteiger partial charge on any atom is -0.329 e. The number of sulfone groups is 1. The van der Waals surface area contributed by atoms with E-state index in [1.165, 1.54) is 6.26 Å². The van der Waals surface area contributed by atoms with Crippen LogP contribution in [0.1, 0.15) is 43.9 Å². The molecule has 29 heavy (non-hydrogen) atoms. The molecule has 1 aromatic carbocycles. The first-order valence-electron chi connectivity index (χ1n) is 10.00. The first-order chi connectivity index (χ1) is 13.7.